The van der Waals surface area contributed by atoms with E-state index in [1.54, 1.807) is 12.1 Å². The van der Waals surface area contributed by atoms with Gasteiger partial charge in [-0.25, -0.2) is 4.79 Å². The van der Waals surface area contributed by atoms with Crippen LogP contribution in [-0.4, -0.2) is 33.5 Å². The van der Waals surface area contributed by atoms with Crippen molar-refractivity contribution >= 4 is 0 Å². The Morgan fingerprint density at radius 1 is 1.48 bits per heavy atom. The summed E-state index contributed by atoms with van der Waals surface area (Å²) < 4.78 is 30.2. The van der Waals surface area contributed by atoms with E-state index in [0.717, 1.165) is 10.8 Å². The number of ether oxygens (including phenoxy) is 2. The normalized spacial score (nSPS) is 24.2. The molecule has 3 atom stereocenters. The van der Waals surface area contributed by atoms with Gasteiger partial charge in [0.05, 0.1) is 25.2 Å². The summed E-state index contributed by atoms with van der Waals surface area (Å²) in [6.07, 6.45) is -0.0474. The molecule has 0 aromatic carbocycles. The summed E-state index contributed by atoms with van der Waals surface area (Å²) in [5, 5.41) is 9.98. The van der Waals surface area contributed by atoms with Crippen LogP contribution in [0, 0.1) is 5.82 Å². The molecule has 124 valence electrons. The average Bonchev–Trinajstić information content (AvgIpc) is 3.13. The van der Waals surface area contributed by atoms with Crippen LogP contribution in [0.2, 0.25) is 0 Å². The second-order valence-corrected chi connectivity index (χ2v) is 5.17. The SMILES string of the molecule is O=c1[nH]c(=O)n([C@@H]2CC(O)[C@H](COCc3ccco3)O2)cc1F. The molecule has 1 aliphatic heterocycles. The molecule has 0 radical (unpaired) electrons. The van der Waals surface area contributed by atoms with E-state index in [1.165, 1.54) is 6.26 Å². The fraction of sp³-hybridized carbons (Fsp3) is 0.429. The minimum Gasteiger partial charge on any atom is -0.467 e. The predicted molar refractivity (Wildman–Crippen MR) is 74.2 cm³/mol. The zero-order valence-corrected chi connectivity index (χ0v) is 12.0. The first-order valence-corrected chi connectivity index (χ1v) is 6.99. The first-order chi connectivity index (χ1) is 11.0. The average molecular weight is 326 g/mol. The fourth-order valence-electron chi connectivity index (χ4n) is 2.38. The van der Waals surface area contributed by atoms with Gasteiger partial charge in [0, 0.05) is 6.42 Å². The third-order valence-corrected chi connectivity index (χ3v) is 3.55. The molecule has 1 fully saturated rings. The molecular formula is C14H15FN2O6. The first-order valence-electron chi connectivity index (χ1n) is 6.99. The van der Waals surface area contributed by atoms with E-state index in [0.29, 0.717) is 5.76 Å². The minimum absolute atomic E-state index is 0.0823. The van der Waals surface area contributed by atoms with Crippen LogP contribution in [0.3, 0.4) is 0 Å². The lowest BCUT2D eigenvalue weighted by molar-refractivity contribution is -0.0687. The molecule has 2 N–H and O–H groups in total. The number of rotatable bonds is 5. The molecule has 8 nitrogen and oxygen atoms in total. The molecule has 0 saturated carbocycles. The Bertz CT molecular complexity index is 768. The fourth-order valence-corrected chi connectivity index (χ4v) is 2.38. The van der Waals surface area contributed by atoms with Crippen LogP contribution in [0.5, 0.6) is 0 Å². The van der Waals surface area contributed by atoms with E-state index in [1.807, 2.05) is 4.98 Å². The number of hydrogen-bond donors (Lipinski definition) is 2. The lowest BCUT2D eigenvalue weighted by atomic mass is 10.2. The summed E-state index contributed by atoms with van der Waals surface area (Å²) in [4.78, 5) is 24.6. The number of hydrogen-bond acceptors (Lipinski definition) is 6. The Labute approximate surface area is 129 Å². The molecule has 0 spiro atoms. The smallest absolute Gasteiger partial charge is 0.330 e. The van der Waals surface area contributed by atoms with Crippen molar-refractivity contribution in [2.45, 2.75) is 31.5 Å². The van der Waals surface area contributed by atoms with Gasteiger partial charge in [0.25, 0.3) is 5.56 Å². The number of aliphatic hydroxyl groups is 1. The van der Waals surface area contributed by atoms with Gasteiger partial charge < -0.3 is 19.0 Å². The third-order valence-electron chi connectivity index (χ3n) is 3.55. The van der Waals surface area contributed by atoms with Crippen molar-refractivity contribution in [2.75, 3.05) is 6.61 Å². The number of nitrogens with zero attached hydrogens (tertiary/aromatic N) is 1. The second-order valence-electron chi connectivity index (χ2n) is 5.17. The number of aromatic nitrogens is 2. The molecule has 1 unspecified atom stereocenters. The minimum atomic E-state index is -1.10. The van der Waals surface area contributed by atoms with Gasteiger partial charge in [-0.2, -0.15) is 4.39 Å². The lowest BCUT2D eigenvalue weighted by Crippen LogP contribution is -2.34. The molecular weight excluding hydrogens is 311 g/mol. The highest BCUT2D eigenvalue weighted by Gasteiger charge is 2.35. The van der Waals surface area contributed by atoms with E-state index in [2.05, 4.69) is 0 Å². The summed E-state index contributed by atoms with van der Waals surface area (Å²) in [6.45, 7) is 0.302. The van der Waals surface area contributed by atoms with Crippen LogP contribution in [0.4, 0.5) is 4.39 Å². The van der Waals surface area contributed by atoms with Crippen LogP contribution in [0.25, 0.3) is 0 Å². The maximum absolute atomic E-state index is 13.3. The second kappa shape index (κ2) is 6.49. The molecule has 0 aliphatic carbocycles. The highest BCUT2D eigenvalue weighted by molar-refractivity contribution is 4.96. The Hall–Kier alpha value is -2.23. The van der Waals surface area contributed by atoms with E-state index in [4.69, 9.17) is 13.9 Å². The highest BCUT2D eigenvalue weighted by Crippen LogP contribution is 2.27. The molecule has 3 rings (SSSR count). The van der Waals surface area contributed by atoms with Gasteiger partial charge in [-0.3, -0.25) is 14.3 Å². The molecule has 0 bridgehead atoms. The van der Waals surface area contributed by atoms with Gasteiger partial charge in [0.1, 0.15) is 24.7 Å². The van der Waals surface area contributed by atoms with Gasteiger partial charge in [0.2, 0.25) is 5.82 Å². The lowest BCUT2D eigenvalue weighted by Gasteiger charge is -2.15. The van der Waals surface area contributed by atoms with Gasteiger partial charge >= 0.3 is 5.69 Å². The van der Waals surface area contributed by atoms with Crippen molar-refractivity contribution in [3.8, 4) is 0 Å². The number of aromatic amines is 1. The van der Waals surface area contributed by atoms with Crippen LogP contribution >= 0.6 is 0 Å². The van der Waals surface area contributed by atoms with E-state index in [-0.39, 0.29) is 19.6 Å². The molecule has 2 aromatic heterocycles. The molecule has 3 heterocycles. The van der Waals surface area contributed by atoms with E-state index < -0.39 is 35.5 Å². The maximum atomic E-state index is 13.3. The summed E-state index contributed by atoms with van der Waals surface area (Å²) in [6, 6.07) is 3.48. The first kappa shape index (κ1) is 15.7. The predicted octanol–water partition coefficient (Wildman–Crippen LogP) is 0.134. The Balaban J connectivity index is 1.63. The van der Waals surface area contributed by atoms with Crippen molar-refractivity contribution in [2.24, 2.45) is 0 Å². The Morgan fingerprint density at radius 3 is 3.04 bits per heavy atom. The number of aliphatic hydroxyl groups excluding tert-OH is 1. The zero-order valence-electron chi connectivity index (χ0n) is 12.0. The van der Waals surface area contributed by atoms with Crippen molar-refractivity contribution < 1.29 is 23.4 Å². The summed E-state index contributed by atoms with van der Waals surface area (Å²) in [7, 11) is 0. The van der Waals surface area contributed by atoms with E-state index >= 15 is 0 Å². The quantitative estimate of drug-likeness (QED) is 0.809. The number of furan rings is 1. The Morgan fingerprint density at radius 2 is 2.30 bits per heavy atom. The Kier molecular flexibility index (Phi) is 4.42. The third kappa shape index (κ3) is 3.41. The molecule has 0 amide bonds. The van der Waals surface area contributed by atoms with Crippen molar-refractivity contribution in [1.82, 2.24) is 9.55 Å². The number of halogens is 1. The summed E-state index contributed by atoms with van der Waals surface area (Å²) in [5.74, 6) is -0.465. The van der Waals surface area contributed by atoms with Crippen molar-refractivity contribution in [3.05, 3.63) is 57.0 Å². The highest BCUT2D eigenvalue weighted by atomic mass is 19.1. The van der Waals surface area contributed by atoms with E-state index in [9.17, 15) is 19.1 Å². The van der Waals surface area contributed by atoms with Crippen molar-refractivity contribution in [1.29, 1.82) is 0 Å². The zero-order chi connectivity index (χ0) is 16.4. The molecule has 9 heteroatoms. The number of nitrogens with one attached hydrogen (secondary N) is 1. The van der Waals surface area contributed by atoms with Gasteiger partial charge in [-0.05, 0) is 12.1 Å². The molecule has 1 aliphatic rings. The van der Waals surface area contributed by atoms with Crippen LogP contribution < -0.4 is 11.2 Å². The standard InChI is InChI=1S/C14H15FN2O6/c15-9-5-17(14(20)16-13(9)19)12-4-10(18)11(23-12)7-21-6-8-2-1-3-22-8/h1-3,5,10-12,18H,4,6-7H2,(H,16,19,20)/t10?,11-,12-/m0/s1. The topological polar surface area (TPSA) is 107 Å². The van der Waals surface area contributed by atoms with Gasteiger partial charge in [0.15, 0.2) is 0 Å². The molecule has 2 aromatic rings. The van der Waals surface area contributed by atoms with Crippen LogP contribution in [0.15, 0.2) is 38.6 Å². The van der Waals surface area contributed by atoms with Gasteiger partial charge in [-0.15, -0.1) is 0 Å². The maximum Gasteiger partial charge on any atom is 0.330 e. The number of H-pyrrole nitrogens is 1. The molecule has 1 saturated heterocycles. The summed E-state index contributed by atoms with van der Waals surface area (Å²) in [5.41, 5.74) is -1.89. The van der Waals surface area contributed by atoms with Gasteiger partial charge in [-0.1, -0.05) is 0 Å². The summed E-state index contributed by atoms with van der Waals surface area (Å²) >= 11 is 0. The molecule has 23 heavy (non-hydrogen) atoms. The van der Waals surface area contributed by atoms with Crippen LogP contribution in [-0.2, 0) is 16.1 Å². The monoisotopic (exact) mass is 326 g/mol. The largest absolute Gasteiger partial charge is 0.467 e. The van der Waals surface area contributed by atoms with Crippen molar-refractivity contribution in [3.63, 3.8) is 0 Å². The van der Waals surface area contributed by atoms with Crippen LogP contribution in [0.1, 0.15) is 18.4 Å².